The van der Waals surface area contributed by atoms with Gasteiger partial charge in [0.05, 0.1) is 0 Å². The molecular weight excluding hydrogens is 296 g/mol. The summed E-state index contributed by atoms with van der Waals surface area (Å²) in [5.41, 5.74) is 3.24. The lowest BCUT2D eigenvalue weighted by molar-refractivity contribution is 0.101. The molecule has 0 N–H and O–H groups in total. The highest BCUT2D eigenvalue weighted by Crippen LogP contribution is 2.17. The highest BCUT2D eigenvalue weighted by Gasteiger charge is 2.16. The van der Waals surface area contributed by atoms with Crippen LogP contribution in [0, 0.1) is 0 Å². The van der Waals surface area contributed by atoms with Gasteiger partial charge < -0.3 is 4.90 Å². The van der Waals surface area contributed by atoms with Crippen molar-refractivity contribution in [1.29, 1.82) is 0 Å². The number of carbonyl (C=O) groups excluding carboxylic acids is 1. The minimum Gasteiger partial charge on any atom is -0.369 e. The van der Waals surface area contributed by atoms with E-state index in [-0.39, 0.29) is 5.78 Å². The van der Waals surface area contributed by atoms with E-state index in [1.165, 1.54) is 11.3 Å². The summed E-state index contributed by atoms with van der Waals surface area (Å²) in [5, 5.41) is 0. The number of hydrogen-bond donors (Lipinski definition) is 0. The first-order chi connectivity index (χ1) is 11.7. The van der Waals surface area contributed by atoms with Gasteiger partial charge in [-0.1, -0.05) is 42.5 Å². The standard InChI is InChI=1S/C21H24N2O/c1-18(24)20-9-11-21(12-10-20)23-16-14-22(15-17-23)13-5-8-19-6-3-2-4-7-19/h2-12H,13-17H2,1H3. The van der Waals surface area contributed by atoms with E-state index in [1.807, 2.05) is 18.2 Å². The predicted molar refractivity (Wildman–Crippen MR) is 101 cm³/mol. The van der Waals surface area contributed by atoms with Crippen LogP contribution in [0.1, 0.15) is 22.8 Å². The fraction of sp³-hybridized carbons (Fsp3) is 0.286. The van der Waals surface area contributed by atoms with E-state index in [9.17, 15) is 4.79 Å². The summed E-state index contributed by atoms with van der Waals surface area (Å²) in [7, 11) is 0. The van der Waals surface area contributed by atoms with E-state index in [1.54, 1.807) is 6.92 Å². The van der Waals surface area contributed by atoms with Crippen LogP contribution in [-0.4, -0.2) is 43.4 Å². The fourth-order valence-electron chi connectivity index (χ4n) is 3.00. The molecule has 1 saturated heterocycles. The van der Waals surface area contributed by atoms with Crippen molar-refractivity contribution in [2.45, 2.75) is 6.92 Å². The minimum atomic E-state index is 0.122. The molecule has 3 heteroatoms. The number of carbonyl (C=O) groups is 1. The molecule has 0 aliphatic carbocycles. The Morgan fingerprint density at radius 3 is 2.25 bits per heavy atom. The van der Waals surface area contributed by atoms with Crippen LogP contribution < -0.4 is 4.90 Å². The number of piperazine rings is 1. The Kier molecular flexibility index (Phi) is 5.44. The minimum absolute atomic E-state index is 0.122. The molecule has 0 aromatic heterocycles. The molecule has 3 rings (SSSR count). The zero-order valence-corrected chi connectivity index (χ0v) is 14.2. The second-order valence-electron chi connectivity index (χ2n) is 6.20. The van der Waals surface area contributed by atoms with Gasteiger partial charge in [-0.25, -0.2) is 0 Å². The maximum atomic E-state index is 11.4. The molecule has 0 bridgehead atoms. The van der Waals surface area contributed by atoms with Gasteiger partial charge in [-0.05, 0) is 36.8 Å². The van der Waals surface area contributed by atoms with Gasteiger partial charge in [0.15, 0.2) is 5.78 Å². The van der Waals surface area contributed by atoms with Crippen LogP contribution in [0.3, 0.4) is 0 Å². The third kappa shape index (κ3) is 4.33. The molecule has 0 saturated carbocycles. The monoisotopic (exact) mass is 320 g/mol. The van der Waals surface area contributed by atoms with Gasteiger partial charge in [0, 0.05) is 44.0 Å². The molecule has 2 aromatic rings. The number of ketones is 1. The Balaban J connectivity index is 1.48. The lowest BCUT2D eigenvalue weighted by atomic mass is 10.1. The Bertz CT molecular complexity index is 684. The average Bonchev–Trinajstić information content (AvgIpc) is 2.63. The normalized spacial score (nSPS) is 15.8. The van der Waals surface area contributed by atoms with Crippen LogP contribution in [0.15, 0.2) is 60.7 Å². The molecule has 0 amide bonds. The summed E-state index contributed by atoms with van der Waals surface area (Å²) in [6.45, 7) is 6.78. The molecular formula is C21H24N2O. The van der Waals surface area contributed by atoms with Gasteiger partial charge >= 0.3 is 0 Å². The van der Waals surface area contributed by atoms with Gasteiger partial charge in [-0.15, -0.1) is 0 Å². The lowest BCUT2D eigenvalue weighted by Gasteiger charge is -2.35. The highest BCUT2D eigenvalue weighted by molar-refractivity contribution is 5.94. The van der Waals surface area contributed by atoms with Crippen molar-refractivity contribution in [3.63, 3.8) is 0 Å². The number of hydrogen-bond acceptors (Lipinski definition) is 3. The van der Waals surface area contributed by atoms with Gasteiger partial charge in [-0.2, -0.15) is 0 Å². The highest BCUT2D eigenvalue weighted by atomic mass is 16.1. The predicted octanol–water partition coefficient (Wildman–Crippen LogP) is 3.72. The van der Waals surface area contributed by atoms with Crippen molar-refractivity contribution in [1.82, 2.24) is 4.90 Å². The molecule has 2 aromatic carbocycles. The van der Waals surface area contributed by atoms with E-state index in [4.69, 9.17) is 0 Å². The number of benzene rings is 2. The van der Waals surface area contributed by atoms with Gasteiger partial charge in [0.25, 0.3) is 0 Å². The van der Waals surface area contributed by atoms with Crippen LogP contribution in [0.4, 0.5) is 5.69 Å². The summed E-state index contributed by atoms with van der Waals surface area (Å²) in [6.07, 6.45) is 4.43. The quantitative estimate of drug-likeness (QED) is 0.784. The zero-order valence-electron chi connectivity index (χ0n) is 14.2. The number of Topliss-reactive ketones (excluding diaryl/α,β-unsaturated/α-hetero) is 1. The SMILES string of the molecule is CC(=O)c1ccc(N2CCN(CC=Cc3ccccc3)CC2)cc1. The number of anilines is 1. The maximum absolute atomic E-state index is 11.4. The molecule has 1 aliphatic rings. The van der Waals surface area contributed by atoms with E-state index in [0.717, 1.165) is 38.3 Å². The average molecular weight is 320 g/mol. The van der Waals surface area contributed by atoms with Gasteiger partial charge in [0.2, 0.25) is 0 Å². The van der Waals surface area contributed by atoms with Crippen molar-refractivity contribution in [2.75, 3.05) is 37.6 Å². The smallest absolute Gasteiger partial charge is 0.159 e. The first kappa shape index (κ1) is 16.5. The molecule has 1 aliphatic heterocycles. The van der Waals surface area contributed by atoms with Crippen molar-refractivity contribution in [3.8, 4) is 0 Å². The Hall–Kier alpha value is -2.39. The summed E-state index contributed by atoms with van der Waals surface area (Å²) < 4.78 is 0. The molecule has 1 fully saturated rings. The first-order valence-corrected chi connectivity index (χ1v) is 8.52. The third-order valence-corrected chi connectivity index (χ3v) is 4.48. The van der Waals surface area contributed by atoms with Crippen LogP contribution in [0.5, 0.6) is 0 Å². The molecule has 3 nitrogen and oxygen atoms in total. The van der Waals surface area contributed by atoms with Gasteiger partial charge in [-0.3, -0.25) is 9.69 Å². The largest absolute Gasteiger partial charge is 0.369 e. The lowest BCUT2D eigenvalue weighted by Crippen LogP contribution is -2.46. The van der Waals surface area contributed by atoms with E-state index >= 15 is 0 Å². The fourth-order valence-corrected chi connectivity index (χ4v) is 3.00. The van der Waals surface area contributed by atoms with Crippen LogP contribution in [0.2, 0.25) is 0 Å². The Morgan fingerprint density at radius 1 is 0.958 bits per heavy atom. The second-order valence-corrected chi connectivity index (χ2v) is 6.20. The zero-order chi connectivity index (χ0) is 16.8. The number of nitrogens with zero attached hydrogens (tertiary/aromatic N) is 2. The van der Waals surface area contributed by atoms with Crippen molar-refractivity contribution in [3.05, 3.63) is 71.8 Å². The van der Waals surface area contributed by atoms with Crippen molar-refractivity contribution in [2.24, 2.45) is 0 Å². The number of rotatable bonds is 5. The van der Waals surface area contributed by atoms with Crippen LogP contribution in [-0.2, 0) is 0 Å². The summed E-state index contributed by atoms with van der Waals surface area (Å²) in [6, 6.07) is 18.4. The van der Waals surface area contributed by atoms with Crippen molar-refractivity contribution >= 4 is 17.5 Å². The van der Waals surface area contributed by atoms with E-state index in [0.29, 0.717) is 0 Å². The summed E-state index contributed by atoms with van der Waals surface area (Å²) in [4.78, 5) is 16.2. The van der Waals surface area contributed by atoms with E-state index < -0.39 is 0 Å². The second kappa shape index (κ2) is 7.93. The molecule has 0 spiro atoms. The molecule has 124 valence electrons. The Labute approximate surface area is 144 Å². The molecule has 0 unspecified atom stereocenters. The topological polar surface area (TPSA) is 23.6 Å². The molecule has 0 atom stereocenters. The van der Waals surface area contributed by atoms with Crippen LogP contribution in [0.25, 0.3) is 6.08 Å². The maximum Gasteiger partial charge on any atom is 0.159 e. The first-order valence-electron chi connectivity index (χ1n) is 8.52. The molecule has 24 heavy (non-hydrogen) atoms. The van der Waals surface area contributed by atoms with Crippen LogP contribution >= 0.6 is 0 Å². The third-order valence-electron chi connectivity index (χ3n) is 4.48. The van der Waals surface area contributed by atoms with Gasteiger partial charge in [0.1, 0.15) is 0 Å². The molecule has 1 heterocycles. The summed E-state index contributed by atoms with van der Waals surface area (Å²) in [5.74, 6) is 0.122. The van der Waals surface area contributed by atoms with Crippen molar-refractivity contribution < 1.29 is 4.79 Å². The molecule has 0 radical (unpaired) electrons. The van der Waals surface area contributed by atoms with E-state index in [2.05, 4.69) is 58.4 Å². The Morgan fingerprint density at radius 2 is 1.62 bits per heavy atom. The summed E-state index contributed by atoms with van der Waals surface area (Å²) >= 11 is 0.